The summed E-state index contributed by atoms with van der Waals surface area (Å²) >= 11 is 0. The normalized spacial score (nSPS) is 21.3. The van der Waals surface area contributed by atoms with Gasteiger partial charge in [-0.1, -0.05) is 6.92 Å². The molecule has 2 atom stereocenters. The van der Waals surface area contributed by atoms with Crippen molar-refractivity contribution in [1.82, 2.24) is 4.98 Å². The molecular formula is C12H14N4O5. The van der Waals surface area contributed by atoms with Crippen molar-refractivity contribution < 1.29 is 19.6 Å². The first-order valence-corrected chi connectivity index (χ1v) is 6.23. The summed E-state index contributed by atoms with van der Waals surface area (Å²) in [6.07, 6.45) is 1.03. The van der Waals surface area contributed by atoms with Crippen molar-refractivity contribution in [3.8, 4) is 0 Å². The highest BCUT2D eigenvalue weighted by molar-refractivity contribution is 5.98. The van der Waals surface area contributed by atoms with Gasteiger partial charge in [-0.3, -0.25) is 19.7 Å². The van der Waals surface area contributed by atoms with Crippen molar-refractivity contribution in [3.05, 3.63) is 27.9 Å². The van der Waals surface area contributed by atoms with Crippen LogP contribution in [-0.2, 0) is 4.79 Å². The summed E-state index contributed by atoms with van der Waals surface area (Å²) in [5.74, 6) is -2.29. The van der Waals surface area contributed by atoms with Gasteiger partial charge in [0.25, 0.3) is 11.6 Å². The summed E-state index contributed by atoms with van der Waals surface area (Å²) in [4.78, 5) is 38.2. The number of anilines is 1. The number of rotatable bonds is 4. The molecule has 0 bridgehead atoms. The molecule has 2 heterocycles. The van der Waals surface area contributed by atoms with Crippen molar-refractivity contribution in [3.63, 3.8) is 0 Å². The van der Waals surface area contributed by atoms with E-state index in [2.05, 4.69) is 4.98 Å². The van der Waals surface area contributed by atoms with Crippen LogP contribution in [0.4, 0.5) is 11.5 Å². The lowest BCUT2D eigenvalue weighted by Gasteiger charge is -2.19. The summed E-state index contributed by atoms with van der Waals surface area (Å²) in [7, 11) is 0. The van der Waals surface area contributed by atoms with E-state index < -0.39 is 22.7 Å². The van der Waals surface area contributed by atoms with Gasteiger partial charge in [0.05, 0.1) is 16.4 Å². The number of carboxylic acid groups (broad SMARTS) is 1. The molecule has 112 valence electrons. The number of pyridine rings is 1. The molecule has 1 aliphatic heterocycles. The summed E-state index contributed by atoms with van der Waals surface area (Å²) < 4.78 is 0. The van der Waals surface area contributed by atoms with Crippen LogP contribution in [0.1, 0.15) is 17.3 Å². The van der Waals surface area contributed by atoms with Crippen molar-refractivity contribution in [1.29, 1.82) is 0 Å². The topological polar surface area (TPSA) is 140 Å². The molecule has 0 spiro atoms. The van der Waals surface area contributed by atoms with E-state index in [0.29, 0.717) is 6.54 Å². The Hall–Kier alpha value is -2.71. The third kappa shape index (κ3) is 2.76. The molecule has 1 amide bonds. The number of nitrogens with two attached hydrogens (primary N) is 1. The van der Waals surface area contributed by atoms with Gasteiger partial charge in [-0.05, 0) is 5.92 Å². The number of nitro groups is 1. The Morgan fingerprint density at radius 3 is 2.67 bits per heavy atom. The van der Waals surface area contributed by atoms with Crippen molar-refractivity contribution in [2.75, 3.05) is 18.0 Å². The van der Waals surface area contributed by atoms with E-state index in [0.717, 1.165) is 12.3 Å². The lowest BCUT2D eigenvalue weighted by molar-refractivity contribution is -0.385. The van der Waals surface area contributed by atoms with Crippen LogP contribution in [0.25, 0.3) is 0 Å². The fraction of sp³-hybridized carbons (Fsp3) is 0.417. The number of carbonyl (C=O) groups excluding carboxylic acids is 1. The second kappa shape index (κ2) is 5.35. The molecular weight excluding hydrogens is 280 g/mol. The maximum absolute atomic E-state index is 11.5. The number of amides is 1. The lowest BCUT2D eigenvalue weighted by Crippen LogP contribution is -2.27. The largest absolute Gasteiger partial charge is 0.481 e. The van der Waals surface area contributed by atoms with Gasteiger partial charge in [0, 0.05) is 19.2 Å². The first-order valence-electron chi connectivity index (χ1n) is 6.23. The molecule has 0 aromatic carbocycles. The molecule has 0 saturated carbocycles. The van der Waals surface area contributed by atoms with Crippen LogP contribution in [0.15, 0.2) is 12.3 Å². The molecule has 0 unspecified atom stereocenters. The van der Waals surface area contributed by atoms with E-state index in [1.165, 1.54) is 0 Å². The standard InChI is InChI=1S/C12H14N4O5/c1-6-4-15(5-9(6)12(18)19)11-8(10(13)17)2-7(3-14-11)16(20)21/h2-3,6,9H,4-5H2,1H3,(H2,13,17)(H,18,19)/t6-,9-/m1/s1. The minimum absolute atomic E-state index is 0.0811. The smallest absolute Gasteiger partial charge is 0.308 e. The molecule has 1 saturated heterocycles. The molecule has 21 heavy (non-hydrogen) atoms. The van der Waals surface area contributed by atoms with Gasteiger partial charge in [-0.15, -0.1) is 0 Å². The zero-order chi connectivity index (χ0) is 15.7. The molecule has 0 aliphatic carbocycles. The predicted octanol–water partition coefficient (Wildman–Crippen LogP) is 0.246. The highest BCUT2D eigenvalue weighted by Crippen LogP contribution is 2.30. The van der Waals surface area contributed by atoms with Gasteiger partial charge in [0.2, 0.25) is 0 Å². The number of primary amides is 1. The van der Waals surface area contributed by atoms with Gasteiger partial charge < -0.3 is 15.7 Å². The van der Waals surface area contributed by atoms with Crippen LogP contribution in [0.2, 0.25) is 0 Å². The Morgan fingerprint density at radius 1 is 1.52 bits per heavy atom. The van der Waals surface area contributed by atoms with Crippen molar-refractivity contribution in [2.45, 2.75) is 6.92 Å². The fourth-order valence-electron chi connectivity index (χ4n) is 2.44. The van der Waals surface area contributed by atoms with E-state index in [9.17, 15) is 19.7 Å². The molecule has 9 nitrogen and oxygen atoms in total. The number of hydrogen-bond acceptors (Lipinski definition) is 6. The first-order chi connectivity index (χ1) is 9.81. The third-order valence-electron chi connectivity index (χ3n) is 3.56. The highest BCUT2D eigenvalue weighted by Gasteiger charge is 2.36. The number of aromatic nitrogens is 1. The minimum Gasteiger partial charge on any atom is -0.481 e. The molecule has 0 radical (unpaired) electrons. The van der Waals surface area contributed by atoms with E-state index in [4.69, 9.17) is 10.8 Å². The molecule has 9 heteroatoms. The quantitative estimate of drug-likeness (QED) is 0.599. The molecule has 2 rings (SSSR count). The minimum atomic E-state index is -0.924. The second-order valence-corrected chi connectivity index (χ2v) is 5.01. The first kappa shape index (κ1) is 14.7. The Bertz CT molecular complexity index is 618. The average Bonchev–Trinajstić information content (AvgIpc) is 2.80. The third-order valence-corrected chi connectivity index (χ3v) is 3.56. The highest BCUT2D eigenvalue weighted by atomic mass is 16.6. The number of nitrogens with zero attached hydrogens (tertiary/aromatic N) is 3. The number of hydrogen-bond donors (Lipinski definition) is 2. The molecule has 1 aliphatic rings. The molecule has 3 N–H and O–H groups in total. The monoisotopic (exact) mass is 294 g/mol. The van der Waals surface area contributed by atoms with E-state index in [-0.39, 0.29) is 29.5 Å². The van der Waals surface area contributed by atoms with Crippen molar-refractivity contribution >= 4 is 23.4 Å². The van der Waals surface area contributed by atoms with E-state index >= 15 is 0 Å². The Balaban J connectivity index is 2.38. The van der Waals surface area contributed by atoms with Gasteiger partial charge in [0.15, 0.2) is 0 Å². The fourth-order valence-corrected chi connectivity index (χ4v) is 2.44. The van der Waals surface area contributed by atoms with Gasteiger partial charge in [-0.2, -0.15) is 0 Å². The Morgan fingerprint density at radius 2 is 2.19 bits per heavy atom. The zero-order valence-corrected chi connectivity index (χ0v) is 11.2. The Kier molecular flexibility index (Phi) is 3.74. The Labute approximate surface area is 119 Å². The van der Waals surface area contributed by atoms with Gasteiger partial charge in [-0.25, -0.2) is 4.98 Å². The maximum atomic E-state index is 11.5. The molecule has 1 aromatic rings. The summed E-state index contributed by atoms with van der Waals surface area (Å²) in [6, 6.07) is 1.06. The summed E-state index contributed by atoms with van der Waals surface area (Å²) in [5, 5.41) is 19.8. The number of carbonyl (C=O) groups is 2. The van der Waals surface area contributed by atoms with Crippen LogP contribution in [0.5, 0.6) is 0 Å². The predicted molar refractivity (Wildman–Crippen MR) is 71.9 cm³/mol. The zero-order valence-electron chi connectivity index (χ0n) is 11.2. The van der Waals surface area contributed by atoms with Crippen LogP contribution in [0, 0.1) is 22.0 Å². The van der Waals surface area contributed by atoms with E-state index in [1.54, 1.807) is 11.8 Å². The number of carboxylic acids is 1. The SMILES string of the molecule is C[C@@H]1CN(c2ncc([N+](=O)[O-])cc2C(N)=O)C[C@H]1C(=O)O. The van der Waals surface area contributed by atoms with Crippen LogP contribution in [-0.4, -0.2) is 40.0 Å². The summed E-state index contributed by atoms with van der Waals surface area (Å²) in [5.41, 5.74) is 4.82. The van der Waals surface area contributed by atoms with Gasteiger partial charge in [0.1, 0.15) is 12.0 Å². The molecule has 1 aromatic heterocycles. The van der Waals surface area contributed by atoms with Crippen LogP contribution < -0.4 is 10.6 Å². The lowest BCUT2D eigenvalue weighted by atomic mass is 9.99. The summed E-state index contributed by atoms with van der Waals surface area (Å²) in [6.45, 7) is 2.36. The average molecular weight is 294 g/mol. The van der Waals surface area contributed by atoms with E-state index in [1.807, 2.05) is 0 Å². The van der Waals surface area contributed by atoms with Gasteiger partial charge >= 0.3 is 5.97 Å². The van der Waals surface area contributed by atoms with Crippen LogP contribution in [0.3, 0.4) is 0 Å². The molecule has 1 fully saturated rings. The van der Waals surface area contributed by atoms with Crippen molar-refractivity contribution in [2.24, 2.45) is 17.6 Å². The van der Waals surface area contributed by atoms with Crippen LogP contribution >= 0.6 is 0 Å². The second-order valence-electron chi connectivity index (χ2n) is 5.01. The maximum Gasteiger partial charge on any atom is 0.308 e. The number of aliphatic carboxylic acids is 1.